The molecule has 1 rings (SSSR count). The summed E-state index contributed by atoms with van der Waals surface area (Å²) in [5.41, 5.74) is 0.971. The van der Waals surface area contributed by atoms with Crippen LogP contribution in [0, 0.1) is 0 Å². The van der Waals surface area contributed by atoms with Crippen LogP contribution in [0.1, 0.15) is 26.3 Å². The van der Waals surface area contributed by atoms with E-state index in [4.69, 9.17) is 0 Å². The van der Waals surface area contributed by atoms with Crippen molar-refractivity contribution in [1.29, 1.82) is 0 Å². The molecule has 0 aromatic heterocycles. The number of nitrogens with one attached hydrogen (secondary N) is 2. The average Bonchev–Trinajstić information content (AvgIpc) is 2.49. The standard InChI is InChI=1S/C16H27N3O2S2.HI/c1-6-17-15(19-12-16(2,3)22-4)18-11-13-7-9-14(10-8-13)23(5,20)21;/h7-10H,6,11-12H2,1-5H3,(H2,17,18,19);1H. The van der Waals surface area contributed by atoms with Crippen LogP contribution < -0.4 is 10.6 Å². The lowest BCUT2D eigenvalue weighted by atomic mass is 10.2. The van der Waals surface area contributed by atoms with Gasteiger partial charge in [0.25, 0.3) is 0 Å². The first-order valence-electron chi connectivity index (χ1n) is 7.54. The predicted molar refractivity (Wildman–Crippen MR) is 115 cm³/mol. The second-order valence-electron chi connectivity index (χ2n) is 5.93. The largest absolute Gasteiger partial charge is 0.357 e. The van der Waals surface area contributed by atoms with Crippen molar-refractivity contribution in [3.63, 3.8) is 0 Å². The molecule has 0 aliphatic heterocycles. The zero-order valence-electron chi connectivity index (χ0n) is 14.9. The van der Waals surface area contributed by atoms with Gasteiger partial charge in [0, 0.05) is 24.1 Å². The van der Waals surface area contributed by atoms with Gasteiger partial charge in [-0.3, -0.25) is 0 Å². The van der Waals surface area contributed by atoms with Crippen molar-refractivity contribution in [2.24, 2.45) is 4.99 Å². The second kappa shape index (κ2) is 10.5. The molecule has 0 radical (unpaired) electrons. The molecule has 0 amide bonds. The van der Waals surface area contributed by atoms with Crippen LogP contribution in [0.2, 0.25) is 0 Å². The number of rotatable bonds is 7. The van der Waals surface area contributed by atoms with E-state index in [2.05, 4.69) is 35.7 Å². The fraction of sp³-hybridized carbons (Fsp3) is 0.562. The monoisotopic (exact) mass is 485 g/mol. The number of aliphatic imine (C=N–C) groups is 1. The fourth-order valence-electron chi connectivity index (χ4n) is 1.72. The van der Waals surface area contributed by atoms with E-state index in [-0.39, 0.29) is 28.7 Å². The maximum Gasteiger partial charge on any atom is 0.191 e. The molecule has 0 spiro atoms. The third kappa shape index (κ3) is 8.57. The highest BCUT2D eigenvalue weighted by molar-refractivity contribution is 14.0. The summed E-state index contributed by atoms with van der Waals surface area (Å²) in [6, 6.07) is 6.85. The fourth-order valence-corrected chi connectivity index (χ4v) is 2.57. The third-order valence-corrected chi connectivity index (χ3v) is 5.73. The second-order valence-corrected chi connectivity index (χ2v) is 9.46. The van der Waals surface area contributed by atoms with Gasteiger partial charge in [0.1, 0.15) is 0 Å². The molecule has 8 heteroatoms. The summed E-state index contributed by atoms with van der Waals surface area (Å²) < 4.78 is 23.0. The number of hydrogen-bond donors (Lipinski definition) is 2. The number of guanidine groups is 1. The van der Waals surface area contributed by atoms with E-state index < -0.39 is 9.84 Å². The normalized spacial score (nSPS) is 12.5. The highest BCUT2D eigenvalue weighted by Crippen LogP contribution is 2.19. The molecule has 0 fully saturated rings. The van der Waals surface area contributed by atoms with E-state index in [1.807, 2.05) is 6.92 Å². The first-order valence-corrected chi connectivity index (χ1v) is 10.7. The summed E-state index contributed by atoms with van der Waals surface area (Å²) in [5.74, 6) is 0.766. The molecule has 0 aliphatic carbocycles. The van der Waals surface area contributed by atoms with Gasteiger partial charge in [-0.25, -0.2) is 13.4 Å². The van der Waals surface area contributed by atoms with Gasteiger partial charge in [-0.15, -0.1) is 24.0 Å². The van der Waals surface area contributed by atoms with Gasteiger partial charge in [-0.1, -0.05) is 12.1 Å². The lowest BCUT2D eigenvalue weighted by Crippen LogP contribution is -2.43. The van der Waals surface area contributed by atoms with Gasteiger partial charge in [0.05, 0.1) is 11.4 Å². The van der Waals surface area contributed by atoms with Crippen LogP contribution in [-0.4, -0.2) is 44.7 Å². The molecule has 0 heterocycles. The number of benzene rings is 1. The molecule has 0 atom stereocenters. The van der Waals surface area contributed by atoms with E-state index in [9.17, 15) is 8.42 Å². The molecular weight excluding hydrogens is 457 g/mol. The van der Waals surface area contributed by atoms with E-state index in [0.717, 1.165) is 24.6 Å². The molecule has 5 nitrogen and oxygen atoms in total. The first-order chi connectivity index (χ1) is 10.7. The summed E-state index contributed by atoms with van der Waals surface area (Å²) in [6.45, 7) is 8.48. The van der Waals surface area contributed by atoms with Gasteiger partial charge in [-0.05, 0) is 44.7 Å². The minimum Gasteiger partial charge on any atom is -0.357 e. The zero-order chi connectivity index (χ0) is 17.5. The van der Waals surface area contributed by atoms with E-state index >= 15 is 0 Å². The number of halogens is 1. The molecule has 0 bridgehead atoms. The van der Waals surface area contributed by atoms with Crippen molar-refractivity contribution in [3.8, 4) is 0 Å². The Bertz CT molecular complexity index is 629. The lowest BCUT2D eigenvalue weighted by molar-refractivity contribution is 0.602. The van der Waals surface area contributed by atoms with Gasteiger partial charge in [0.2, 0.25) is 0 Å². The van der Waals surface area contributed by atoms with Gasteiger partial charge in [-0.2, -0.15) is 11.8 Å². The Morgan fingerprint density at radius 2 is 1.79 bits per heavy atom. The zero-order valence-corrected chi connectivity index (χ0v) is 18.9. The molecule has 1 aromatic rings. The van der Waals surface area contributed by atoms with Crippen molar-refractivity contribution in [2.45, 2.75) is 37.0 Å². The first kappa shape index (κ1) is 23.5. The molecule has 0 aliphatic rings. The molecule has 0 saturated heterocycles. The van der Waals surface area contributed by atoms with Crippen LogP contribution in [0.3, 0.4) is 0 Å². The summed E-state index contributed by atoms with van der Waals surface area (Å²) in [7, 11) is -3.15. The van der Waals surface area contributed by atoms with Crippen molar-refractivity contribution in [2.75, 3.05) is 25.6 Å². The smallest absolute Gasteiger partial charge is 0.191 e. The molecule has 0 saturated carbocycles. The van der Waals surface area contributed by atoms with Crippen LogP contribution in [0.4, 0.5) is 0 Å². The number of hydrogen-bond acceptors (Lipinski definition) is 4. The Morgan fingerprint density at radius 1 is 1.21 bits per heavy atom. The maximum atomic E-state index is 11.5. The van der Waals surface area contributed by atoms with Crippen LogP contribution in [0.15, 0.2) is 34.2 Å². The topological polar surface area (TPSA) is 70.6 Å². The minimum atomic E-state index is -3.15. The van der Waals surface area contributed by atoms with Crippen molar-refractivity contribution >= 4 is 51.5 Å². The van der Waals surface area contributed by atoms with Crippen LogP contribution in [0.5, 0.6) is 0 Å². The van der Waals surface area contributed by atoms with Crippen LogP contribution in [0.25, 0.3) is 0 Å². The van der Waals surface area contributed by atoms with Crippen molar-refractivity contribution in [1.82, 2.24) is 10.6 Å². The van der Waals surface area contributed by atoms with Crippen molar-refractivity contribution in [3.05, 3.63) is 29.8 Å². The highest BCUT2D eigenvalue weighted by atomic mass is 127. The molecule has 138 valence electrons. The summed E-state index contributed by atoms with van der Waals surface area (Å²) in [6.07, 6.45) is 3.30. The van der Waals surface area contributed by atoms with Gasteiger partial charge >= 0.3 is 0 Å². The van der Waals surface area contributed by atoms with E-state index in [1.165, 1.54) is 6.26 Å². The van der Waals surface area contributed by atoms with Gasteiger partial charge in [0.15, 0.2) is 15.8 Å². The SMILES string of the molecule is CCNC(=NCc1ccc(S(C)(=O)=O)cc1)NCC(C)(C)SC.I. The minimum absolute atomic E-state index is 0. The Kier molecular flexibility index (Phi) is 10.3. The number of nitrogens with zero attached hydrogens (tertiary/aromatic N) is 1. The van der Waals surface area contributed by atoms with E-state index in [0.29, 0.717) is 11.4 Å². The maximum absolute atomic E-state index is 11.5. The Hall–Kier alpha value is -0.480. The van der Waals surface area contributed by atoms with E-state index in [1.54, 1.807) is 36.0 Å². The lowest BCUT2D eigenvalue weighted by Gasteiger charge is -2.23. The summed E-state index contributed by atoms with van der Waals surface area (Å²) in [4.78, 5) is 4.88. The summed E-state index contributed by atoms with van der Waals surface area (Å²) >= 11 is 1.80. The van der Waals surface area contributed by atoms with Crippen LogP contribution >= 0.6 is 35.7 Å². The Labute approximate surface area is 167 Å². The number of thioether (sulfide) groups is 1. The molecule has 0 unspecified atom stereocenters. The average molecular weight is 485 g/mol. The van der Waals surface area contributed by atoms with Crippen LogP contribution in [-0.2, 0) is 16.4 Å². The molecule has 1 aromatic carbocycles. The molecule has 24 heavy (non-hydrogen) atoms. The Balaban J connectivity index is 0.00000529. The molecule has 2 N–H and O–H groups in total. The highest BCUT2D eigenvalue weighted by Gasteiger charge is 2.16. The quantitative estimate of drug-likeness (QED) is 0.353. The molecular formula is C16H28IN3O2S2. The Morgan fingerprint density at radius 3 is 2.25 bits per heavy atom. The predicted octanol–water partition coefficient (Wildman–Crippen LogP) is 2.90. The summed E-state index contributed by atoms with van der Waals surface area (Å²) in [5, 5.41) is 6.56. The number of sulfone groups is 1. The van der Waals surface area contributed by atoms with Crippen molar-refractivity contribution < 1.29 is 8.42 Å². The van der Waals surface area contributed by atoms with Gasteiger partial charge < -0.3 is 10.6 Å². The third-order valence-electron chi connectivity index (χ3n) is 3.35.